The number of unbranched alkanes of at least 4 members (excludes halogenated alkanes) is 27. The van der Waals surface area contributed by atoms with Gasteiger partial charge < -0.3 is 33.3 Å². The third-order valence-electron chi connectivity index (χ3n) is 14.0. The lowest BCUT2D eigenvalue weighted by atomic mass is 10.0. The van der Waals surface area contributed by atoms with Crippen LogP contribution in [0.3, 0.4) is 0 Å². The van der Waals surface area contributed by atoms with Gasteiger partial charge in [0.05, 0.1) is 40.3 Å². The number of likely N-dealkylation sites (N-methyl/N-ethyl adjacent to an activating group) is 1. The zero-order valence-electron chi connectivity index (χ0n) is 52.9. The van der Waals surface area contributed by atoms with Crippen LogP contribution in [-0.2, 0) is 33.3 Å². The first-order valence-electron chi connectivity index (χ1n) is 33.0. The molecule has 81 heavy (non-hydrogen) atoms. The molecule has 0 aromatic carbocycles. The van der Waals surface area contributed by atoms with Crippen LogP contribution in [0, 0.1) is 0 Å². The van der Waals surface area contributed by atoms with Crippen molar-refractivity contribution in [3.8, 4) is 0 Å². The lowest BCUT2D eigenvalue weighted by Gasteiger charge is -2.26. The van der Waals surface area contributed by atoms with Gasteiger partial charge in [0, 0.05) is 12.8 Å². The number of carbonyl (C=O) groups is 3. The van der Waals surface area contributed by atoms with Crippen molar-refractivity contribution in [1.29, 1.82) is 0 Å². The van der Waals surface area contributed by atoms with E-state index >= 15 is 0 Å². The normalized spacial score (nSPS) is 13.4. The van der Waals surface area contributed by atoms with E-state index in [2.05, 4.69) is 123 Å². The topological polar surface area (TPSA) is 111 Å². The molecule has 0 aromatic heterocycles. The van der Waals surface area contributed by atoms with Crippen LogP contribution in [0.5, 0.6) is 0 Å². The van der Waals surface area contributed by atoms with E-state index in [1.165, 1.54) is 128 Å². The number of esters is 2. The molecule has 2 atom stereocenters. The highest BCUT2D eigenvalue weighted by Gasteiger charge is 2.22. The number of hydrogen-bond donors (Lipinski definition) is 0. The second-order valence-electron chi connectivity index (χ2n) is 23.0. The maximum Gasteiger partial charge on any atom is 0.306 e. The maximum atomic E-state index is 12.9. The van der Waals surface area contributed by atoms with Crippen molar-refractivity contribution in [2.24, 2.45) is 0 Å². The summed E-state index contributed by atoms with van der Waals surface area (Å²) >= 11 is 0. The Labute approximate surface area is 498 Å². The fourth-order valence-electron chi connectivity index (χ4n) is 8.96. The third kappa shape index (κ3) is 63.4. The quantitative estimate of drug-likeness (QED) is 0.0195. The Morgan fingerprint density at radius 2 is 0.704 bits per heavy atom. The summed E-state index contributed by atoms with van der Waals surface area (Å²) in [7, 11) is 5.92. The Balaban J connectivity index is 4.24. The summed E-state index contributed by atoms with van der Waals surface area (Å²) in [4.78, 5) is 37.4. The van der Waals surface area contributed by atoms with Gasteiger partial charge in [-0.1, -0.05) is 264 Å². The van der Waals surface area contributed by atoms with Crippen LogP contribution in [0.25, 0.3) is 0 Å². The van der Waals surface area contributed by atoms with Crippen molar-refractivity contribution in [2.45, 2.75) is 283 Å². The first-order valence-corrected chi connectivity index (χ1v) is 33.0. The van der Waals surface area contributed by atoms with Crippen molar-refractivity contribution in [1.82, 2.24) is 0 Å². The fourth-order valence-corrected chi connectivity index (χ4v) is 8.96. The lowest BCUT2D eigenvalue weighted by molar-refractivity contribution is -0.870. The predicted molar refractivity (Wildman–Crippen MR) is 343 cm³/mol. The minimum atomic E-state index is -1.63. The number of nitrogens with zero attached hydrogens (tertiary/aromatic N) is 1. The number of rotatable bonds is 60. The number of aliphatic carboxylic acids is 1. The number of ether oxygens (including phenoxy) is 4. The minimum Gasteiger partial charge on any atom is -0.545 e. The first-order chi connectivity index (χ1) is 39.6. The maximum absolute atomic E-state index is 12.9. The molecule has 0 amide bonds. The van der Waals surface area contributed by atoms with Crippen LogP contribution in [0.1, 0.15) is 271 Å². The summed E-state index contributed by atoms with van der Waals surface area (Å²) in [6, 6.07) is 0. The average Bonchev–Trinajstić information content (AvgIpc) is 3.44. The van der Waals surface area contributed by atoms with Crippen LogP contribution in [0.15, 0.2) is 109 Å². The monoisotopic (exact) mass is 1130 g/mol. The van der Waals surface area contributed by atoms with Crippen LogP contribution in [0.2, 0.25) is 0 Å². The molecular weight excluding hydrogens is 1010 g/mol. The molecule has 0 aliphatic carbocycles. The van der Waals surface area contributed by atoms with E-state index in [1.54, 1.807) is 0 Å². The fraction of sp³-hybridized carbons (Fsp3) is 0.708. The number of carboxylic acids is 1. The number of hydrogen-bond acceptors (Lipinski definition) is 8. The zero-order chi connectivity index (χ0) is 59.1. The van der Waals surface area contributed by atoms with Crippen molar-refractivity contribution >= 4 is 17.9 Å². The molecule has 0 saturated carbocycles. The molecule has 0 rings (SSSR count). The molecular formula is C72H123NO8. The second-order valence-corrected chi connectivity index (χ2v) is 23.0. The van der Waals surface area contributed by atoms with Crippen LogP contribution in [-0.4, -0.2) is 82.3 Å². The van der Waals surface area contributed by atoms with E-state index in [9.17, 15) is 19.5 Å². The second kappa shape index (κ2) is 62.0. The zero-order valence-corrected chi connectivity index (χ0v) is 52.9. The van der Waals surface area contributed by atoms with E-state index < -0.39 is 24.3 Å². The van der Waals surface area contributed by atoms with Gasteiger partial charge in [0.2, 0.25) is 0 Å². The molecule has 0 heterocycles. The van der Waals surface area contributed by atoms with E-state index in [0.29, 0.717) is 17.4 Å². The van der Waals surface area contributed by atoms with Gasteiger partial charge >= 0.3 is 11.9 Å². The molecule has 2 unspecified atom stereocenters. The highest BCUT2D eigenvalue weighted by Crippen LogP contribution is 2.16. The summed E-state index contributed by atoms with van der Waals surface area (Å²) in [6.45, 7) is 4.63. The Kier molecular flexibility index (Phi) is 58.9. The minimum absolute atomic E-state index is 0.140. The van der Waals surface area contributed by atoms with Crippen LogP contribution < -0.4 is 5.11 Å². The summed E-state index contributed by atoms with van der Waals surface area (Å²) in [5.41, 5.74) is 0. The number of quaternary nitrogens is 1. The summed E-state index contributed by atoms with van der Waals surface area (Å²) < 4.78 is 22.8. The lowest BCUT2D eigenvalue weighted by Crippen LogP contribution is -2.44. The Bertz CT molecular complexity index is 1700. The van der Waals surface area contributed by atoms with Gasteiger partial charge in [-0.3, -0.25) is 9.59 Å². The van der Waals surface area contributed by atoms with Gasteiger partial charge in [-0.2, -0.15) is 0 Å². The summed E-state index contributed by atoms with van der Waals surface area (Å²) in [5, 5.41) is 11.8. The van der Waals surface area contributed by atoms with Crippen molar-refractivity contribution in [2.75, 3.05) is 47.5 Å². The van der Waals surface area contributed by atoms with Crippen molar-refractivity contribution < 1.29 is 42.9 Å². The predicted octanol–water partition coefficient (Wildman–Crippen LogP) is 18.9. The Hall–Kier alpha value is -4.05. The molecule has 0 bridgehead atoms. The largest absolute Gasteiger partial charge is 0.545 e. The third-order valence-corrected chi connectivity index (χ3v) is 14.0. The van der Waals surface area contributed by atoms with Gasteiger partial charge in [-0.25, -0.2) is 0 Å². The first kappa shape index (κ1) is 77.0. The number of carboxylic acid groups (broad SMARTS) is 1. The van der Waals surface area contributed by atoms with E-state index in [0.717, 1.165) is 109 Å². The van der Waals surface area contributed by atoms with E-state index in [-0.39, 0.29) is 38.6 Å². The summed E-state index contributed by atoms with van der Waals surface area (Å²) in [6.07, 6.45) is 82.9. The SMILES string of the molecule is CC/C=C\C/C=C\C/C=C\C/C=C\C/C=C\C/C=C\C/C=C\C/C=C\CCCCCCCCC(=O)OC(COC(=O)CCCCCCCCCCCCCCC/C=C\CCCCCCCCCC)COC(OCC[N+](C)(C)C)C(=O)[O-]. The van der Waals surface area contributed by atoms with Crippen molar-refractivity contribution in [3.63, 3.8) is 0 Å². The Morgan fingerprint density at radius 3 is 1.06 bits per heavy atom. The van der Waals surface area contributed by atoms with Gasteiger partial charge in [0.15, 0.2) is 12.4 Å². The van der Waals surface area contributed by atoms with Crippen LogP contribution in [0.4, 0.5) is 0 Å². The molecule has 0 aliphatic heterocycles. The van der Waals surface area contributed by atoms with Gasteiger partial charge in [-0.15, -0.1) is 0 Å². The van der Waals surface area contributed by atoms with Gasteiger partial charge in [0.1, 0.15) is 13.2 Å². The van der Waals surface area contributed by atoms with Gasteiger partial charge in [-0.05, 0) is 103 Å². The number of carbonyl (C=O) groups excluding carboxylic acids is 3. The molecule has 0 fully saturated rings. The molecule has 9 nitrogen and oxygen atoms in total. The molecule has 0 radical (unpaired) electrons. The van der Waals surface area contributed by atoms with Gasteiger partial charge in [0.25, 0.3) is 0 Å². The smallest absolute Gasteiger partial charge is 0.306 e. The highest BCUT2D eigenvalue weighted by molar-refractivity contribution is 5.70. The molecule has 9 heteroatoms. The van der Waals surface area contributed by atoms with E-state index in [1.807, 2.05) is 21.1 Å². The average molecular weight is 1130 g/mol. The van der Waals surface area contributed by atoms with E-state index in [4.69, 9.17) is 18.9 Å². The molecule has 0 aliphatic rings. The van der Waals surface area contributed by atoms with Crippen molar-refractivity contribution in [3.05, 3.63) is 109 Å². The van der Waals surface area contributed by atoms with Crippen LogP contribution >= 0.6 is 0 Å². The molecule has 0 N–H and O–H groups in total. The molecule has 0 spiro atoms. The number of allylic oxidation sites excluding steroid dienone is 18. The molecule has 0 aromatic rings. The standard InChI is InChI=1S/C72H123NO8/c1-6-8-10-12-14-16-18-20-22-24-26-28-30-32-33-34-35-36-37-39-41-43-45-47-49-51-53-55-57-59-61-63-70(75)81-68(67-80-72(71(76)77)78-65-64-73(3,4)5)66-79-69(74)62-60-58-56-54-52-50-48-46-44-42-40-38-31-29-27-25-23-21-19-17-15-13-11-9-7-2/h8,10,14,16,20,22,25-28,32-33,35-36,39,41,45,47,68,72H,6-7,9,11-13,15,17-19,21,23-24,29-31,34,37-38,40,42-44,46,48-67H2,1-5H3/b10-8-,16-14-,22-20-,27-25-,28-26-,33-32-,36-35-,41-39-,47-45-. The molecule has 0 saturated heterocycles. The highest BCUT2D eigenvalue weighted by atomic mass is 16.7. The summed E-state index contributed by atoms with van der Waals surface area (Å²) in [5.74, 6) is -2.30. The molecule has 464 valence electrons. The Morgan fingerprint density at radius 1 is 0.383 bits per heavy atom.